The van der Waals surface area contributed by atoms with Crippen molar-refractivity contribution < 1.29 is 18.8 Å². The highest BCUT2D eigenvalue weighted by atomic mass is 16.5. The molecule has 0 spiro atoms. The molecule has 156 valence electrons. The summed E-state index contributed by atoms with van der Waals surface area (Å²) in [6, 6.07) is 6.71. The monoisotopic (exact) mass is 400 g/mol. The highest BCUT2D eigenvalue weighted by molar-refractivity contribution is 5.97. The normalized spacial score (nSPS) is 16.3. The third kappa shape index (κ3) is 5.34. The Morgan fingerprint density at radius 2 is 2.07 bits per heavy atom. The number of methoxy groups -OCH3 is 1. The fraction of sp³-hybridized carbons (Fsp3) is 0.524. The first-order chi connectivity index (χ1) is 14.0. The van der Waals surface area contributed by atoms with Crippen LogP contribution in [0.2, 0.25) is 0 Å². The predicted molar refractivity (Wildman–Crippen MR) is 108 cm³/mol. The van der Waals surface area contributed by atoms with Gasteiger partial charge in [-0.15, -0.1) is 0 Å². The van der Waals surface area contributed by atoms with Crippen molar-refractivity contribution in [1.82, 2.24) is 15.0 Å². The molecule has 1 aromatic carbocycles. The van der Waals surface area contributed by atoms with E-state index in [2.05, 4.69) is 15.5 Å². The lowest BCUT2D eigenvalue weighted by Gasteiger charge is -2.24. The van der Waals surface area contributed by atoms with Crippen molar-refractivity contribution in [3.63, 3.8) is 0 Å². The summed E-state index contributed by atoms with van der Waals surface area (Å²) < 4.78 is 10.3. The molecule has 8 heteroatoms. The summed E-state index contributed by atoms with van der Waals surface area (Å²) in [5.41, 5.74) is 0.687. The van der Waals surface area contributed by atoms with Gasteiger partial charge in [-0.2, -0.15) is 4.98 Å². The zero-order chi connectivity index (χ0) is 20.8. The van der Waals surface area contributed by atoms with Crippen LogP contribution in [0.1, 0.15) is 57.2 Å². The Kier molecular flexibility index (Phi) is 6.85. The molecule has 8 nitrogen and oxygen atoms in total. The van der Waals surface area contributed by atoms with Crippen molar-refractivity contribution in [3.8, 4) is 5.75 Å². The van der Waals surface area contributed by atoms with Crippen LogP contribution in [0, 0.1) is 0 Å². The first-order valence-electron chi connectivity index (χ1n) is 10.0. The van der Waals surface area contributed by atoms with Crippen LogP contribution in [-0.4, -0.2) is 46.6 Å². The summed E-state index contributed by atoms with van der Waals surface area (Å²) in [7, 11) is 1.59. The van der Waals surface area contributed by atoms with Crippen molar-refractivity contribution in [2.45, 2.75) is 57.9 Å². The van der Waals surface area contributed by atoms with Gasteiger partial charge in [0, 0.05) is 31.0 Å². The third-order valence-electron chi connectivity index (χ3n) is 5.01. The molecular weight excluding hydrogens is 372 g/mol. The quantitative estimate of drug-likeness (QED) is 0.731. The van der Waals surface area contributed by atoms with Crippen LogP contribution in [-0.2, 0) is 16.0 Å². The molecule has 2 aromatic rings. The molecule has 0 radical (unpaired) electrons. The van der Waals surface area contributed by atoms with E-state index in [9.17, 15) is 9.59 Å². The van der Waals surface area contributed by atoms with E-state index in [1.54, 1.807) is 36.3 Å². The van der Waals surface area contributed by atoms with E-state index in [0.29, 0.717) is 49.6 Å². The van der Waals surface area contributed by atoms with Crippen molar-refractivity contribution in [1.29, 1.82) is 0 Å². The standard InChI is InChI=1S/C21H28N4O4/c1-14(2)20-23-18(29-24-20)7-4-8-19(26)25-13-5-6-17(25)21(27)22-15-9-11-16(28-3)12-10-15/h9-12,14,17H,4-8,13H2,1-3H3,(H,22,27). The smallest absolute Gasteiger partial charge is 0.247 e. The van der Waals surface area contributed by atoms with E-state index in [1.165, 1.54) is 0 Å². The molecule has 0 saturated carbocycles. The molecule has 1 atom stereocenters. The number of rotatable bonds is 8. The molecule has 1 unspecified atom stereocenters. The number of amides is 2. The van der Waals surface area contributed by atoms with Crippen molar-refractivity contribution in [3.05, 3.63) is 36.0 Å². The van der Waals surface area contributed by atoms with Crippen LogP contribution in [0.15, 0.2) is 28.8 Å². The van der Waals surface area contributed by atoms with Crippen LogP contribution in [0.25, 0.3) is 0 Å². The van der Waals surface area contributed by atoms with Crippen LogP contribution in [0.4, 0.5) is 5.69 Å². The molecule has 2 heterocycles. The summed E-state index contributed by atoms with van der Waals surface area (Å²) in [4.78, 5) is 31.4. The molecule has 2 amide bonds. The number of nitrogens with one attached hydrogen (secondary N) is 1. The van der Waals surface area contributed by atoms with Gasteiger partial charge in [0.05, 0.1) is 7.11 Å². The van der Waals surface area contributed by atoms with Gasteiger partial charge in [-0.1, -0.05) is 19.0 Å². The van der Waals surface area contributed by atoms with E-state index in [1.807, 2.05) is 13.8 Å². The molecule has 1 aromatic heterocycles. The van der Waals surface area contributed by atoms with E-state index in [4.69, 9.17) is 9.26 Å². The van der Waals surface area contributed by atoms with Gasteiger partial charge in [-0.25, -0.2) is 0 Å². The fourth-order valence-corrected chi connectivity index (χ4v) is 3.38. The summed E-state index contributed by atoms with van der Waals surface area (Å²) >= 11 is 0. The second-order valence-corrected chi connectivity index (χ2v) is 7.52. The Morgan fingerprint density at radius 3 is 2.72 bits per heavy atom. The lowest BCUT2D eigenvalue weighted by atomic mass is 10.1. The van der Waals surface area contributed by atoms with Gasteiger partial charge in [0.1, 0.15) is 11.8 Å². The average molecular weight is 400 g/mol. The molecule has 29 heavy (non-hydrogen) atoms. The molecular formula is C21H28N4O4. The molecule has 3 rings (SSSR count). The van der Waals surface area contributed by atoms with Gasteiger partial charge in [0.2, 0.25) is 17.7 Å². The van der Waals surface area contributed by atoms with Gasteiger partial charge in [-0.3, -0.25) is 9.59 Å². The van der Waals surface area contributed by atoms with Gasteiger partial charge in [0.15, 0.2) is 5.82 Å². The largest absolute Gasteiger partial charge is 0.497 e. The van der Waals surface area contributed by atoms with Gasteiger partial charge in [0.25, 0.3) is 0 Å². The molecule has 1 N–H and O–H groups in total. The first-order valence-corrected chi connectivity index (χ1v) is 10.0. The Morgan fingerprint density at radius 1 is 1.31 bits per heavy atom. The van der Waals surface area contributed by atoms with Crippen LogP contribution in [0.5, 0.6) is 5.75 Å². The molecule has 0 bridgehead atoms. The van der Waals surface area contributed by atoms with Gasteiger partial charge in [-0.05, 0) is 43.5 Å². The van der Waals surface area contributed by atoms with Crippen molar-refractivity contribution in [2.24, 2.45) is 0 Å². The van der Waals surface area contributed by atoms with E-state index >= 15 is 0 Å². The molecule has 1 aliphatic rings. The predicted octanol–water partition coefficient (Wildman–Crippen LogP) is 3.15. The number of likely N-dealkylation sites (tertiary alicyclic amines) is 1. The van der Waals surface area contributed by atoms with E-state index in [-0.39, 0.29) is 17.7 Å². The first kappa shape index (κ1) is 20.8. The highest BCUT2D eigenvalue weighted by Gasteiger charge is 2.33. The minimum atomic E-state index is -0.430. The lowest BCUT2D eigenvalue weighted by Crippen LogP contribution is -2.43. The maximum atomic E-state index is 12.7. The van der Waals surface area contributed by atoms with Crippen LogP contribution in [0.3, 0.4) is 0 Å². The van der Waals surface area contributed by atoms with Crippen LogP contribution < -0.4 is 10.1 Å². The Hall–Kier alpha value is -2.90. The molecule has 1 aliphatic heterocycles. The molecule has 1 fully saturated rings. The van der Waals surface area contributed by atoms with Gasteiger partial charge >= 0.3 is 0 Å². The van der Waals surface area contributed by atoms with Crippen LogP contribution >= 0.6 is 0 Å². The minimum absolute atomic E-state index is 0.0130. The molecule has 1 saturated heterocycles. The van der Waals surface area contributed by atoms with Gasteiger partial charge < -0.3 is 19.5 Å². The number of hydrogen-bond acceptors (Lipinski definition) is 6. The zero-order valence-corrected chi connectivity index (χ0v) is 17.2. The van der Waals surface area contributed by atoms with Crippen molar-refractivity contribution in [2.75, 3.05) is 19.0 Å². The Labute approximate surface area is 170 Å². The second-order valence-electron chi connectivity index (χ2n) is 7.52. The van der Waals surface area contributed by atoms with E-state index in [0.717, 1.165) is 12.2 Å². The number of anilines is 1. The summed E-state index contributed by atoms with van der Waals surface area (Å²) in [5.74, 6) is 2.00. The number of aryl methyl sites for hydroxylation is 1. The van der Waals surface area contributed by atoms with E-state index < -0.39 is 6.04 Å². The number of nitrogens with zero attached hydrogens (tertiary/aromatic N) is 3. The SMILES string of the molecule is COc1ccc(NC(=O)C2CCCN2C(=O)CCCc2nc(C(C)C)no2)cc1. The summed E-state index contributed by atoms with van der Waals surface area (Å²) in [6.07, 6.45) is 3.03. The topological polar surface area (TPSA) is 97.6 Å². The Balaban J connectivity index is 1.50. The number of ether oxygens (including phenoxy) is 1. The van der Waals surface area contributed by atoms with Crippen molar-refractivity contribution >= 4 is 17.5 Å². The summed E-state index contributed by atoms with van der Waals surface area (Å²) in [6.45, 7) is 4.61. The highest BCUT2D eigenvalue weighted by Crippen LogP contribution is 2.22. The maximum absolute atomic E-state index is 12.7. The minimum Gasteiger partial charge on any atom is -0.497 e. The molecule has 0 aliphatic carbocycles. The number of aromatic nitrogens is 2. The number of benzene rings is 1. The number of carbonyl (C=O) groups excluding carboxylic acids is 2. The Bertz CT molecular complexity index is 831. The summed E-state index contributed by atoms with van der Waals surface area (Å²) in [5, 5.41) is 6.83. The fourth-order valence-electron chi connectivity index (χ4n) is 3.38. The number of carbonyl (C=O) groups is 2. The maximum Gasteiger partial charge on any atom is 0.247 e. The number of hydrogen-bond donors (Lipinski definition) is 1. The second kappa shape index (κ2) is 9.54. The lowest BCUT2D eigenvalue weighted by molar-refractivity contribution is -0.136. The third-order valence-corrected chi connectivity index (χ3v) is 5.01. The zero-order valence-electron chi connectivity index (χ0n) is 17.2. The average Bonchev–Trinajstić information content (AvgIpc) is 3.38.